The predicted molar refractivity (Wildman–Crippen MR) is 117 cm³/mol. The maximum absolute atomic E-state index is 13.0. The van der Waals surface area contributed by atoms with E-state index in [1.54, 1.807) is 48.3 Å². The molecule has 7 heteroatoms. The van der Waals surface area contributed by atoms with Gasteiger partial charge in [-0.1, -0.05) is 48.5 Å². The molecule has 0 saturated heterocycles. The van der Waals surface area contributed by atoms with Crippen molar-refractivity contribution in [3.8, 4) is 22.7 Å². The average molecular weight is 412 g/mol. The molecule has 0 aliphatic rings. The second-order valence-electron chi connectivity index (χ2n) is 6.68. The van der Waals surface area contributed by atoms with Crippen molar-refractivity contribution in [1.29, 1.82) is 0 Å². The first kappa shape index (κ1) is 19.9. The molecule has 0 fully saturated rings. The highest BCUT2D eigenvalue weighted by atomic mass is 16.5. The van der Waals surface area contributed by atoms with Gasteiger partial charge in [0.05, 0.1) is 18.4 Å². The summed E-state index contributed by atoms with van der Waals surface area (Å²) >= 11 is 0. The largest absolute Gasteiger partial charge is 0.497 e. The molecule has 0 radical (unpaired) electrons. The lowest BCUT2D eigenvalue weighted by molar-refractivity contribution is 0.0847. The van der Waals surface area contributed by atoms with Gasteiger partial charge in [-0.05, 0) is 36.4 Å². The number of carbonyl (C=O) groups is 2. The van der Waals surface area contributed by atoms with Crippen molar-refractivity contribution >= 4 is 11.8 Å². The van der Waals surface area contributed by atoms with Crippen LogP contribution in [0.2, 0.25) is 0 Å². The van der Waals surface area contributed by atoms with Crippen molar-refractivity contribution in [2.24, 2.45) is 0 Å². The second-order valence-corrected chi connectivity index (χ2v) is 6.68. The Bertz CT molecular complexity index is 1200. The zero-order chi connectivity index (χ0) is 21.6. The number of ether oxygens (including phenoxy) is 1. The molecule has 0 spiro atoms. The van der Waals surface area contributed by atoms with Gasteiger partial charge in [-0.25, -0.2) is 4.68 Å². The zero-order valence-corrected chi connectivity index (χ0v) is 16.8. The van der Waals surface area contributed by atoms with E-state index < -0.39 is 11.8 Å². The maximum Gasteiger partial charge on any atom is 0.273 e. The molecule has 7 nitrogen and oxygen atoms in total. The minimum atomic E-state index is -0.482. The van der Waals surface area contributed by atoms with Crippen LogP contribution in [0.15, 0.2) is 91.1 Å². The smallest absolute Gasteiger partial charge is 0.273 e. The number of hydrogen-bond acceptors (Lipinski definition) is 4. The van der Waals surface area contributed by atoms with E-state index >= 15 is 0 Å². The number of benzene rings is 3. The Morgan fingerprint density at radius 1 is 0.839 bits per heavy atom. The van der Waals surface area contributed by atoms with E-state index in [1.165, 1.54) is 0 Å². The van der Waals surface area contributed by atoms with Crippen LogP contribution in [0.4, 0.5) is 0 Å². The molecule has 2 amide bonds. The van der Waals surface area contributed by atoms with Crippen molar-refractivity contribution < 1.29 is 14.3 Å². The van der Waals surface area contributed by atoms with E-state index in [0.717, 1.165) is 5.69 Å². The minimum absolute atomic E-state index is 0.311. The lowest BCUT2D eigenvalue weighted by atomic mass is 10.1. The van der Waals surface area contributed by atoms with E-state index in [9.17, 15) is 9.59 Å². The van der Waals surface area contributed by atoms with Crippen molar-refractivity contribution in [3.05, 3.63) is 102 Å². The van der Waals surface area contributed by atoms with Gasteiger partial charge in [0.15, 0.2) is 0 Å². The molecule has 0 unspecified atom stereocenters. The molecule has 4 rings (SSSR count). The first-order chi connectivity index (χ1) is 15.2. The SMILES string of the molecule is COc1cccc(-c2nn(-c3ccccc3)cc2C(=O)NNC(=O)c2ccccc2)c1. The summed E-state index contributed by atoms with van der Waals surface area (Å²) in [6, 6.07) is 25.4. The first-order valence-corrected chi connectivity index (χ1v) is 9.61. The van der Waals surface area contributed by atoms with Gasteiger partial charge in [0.25, 0.3) is 11.8 Å². The molecule has 0 atom stereocenters. The molecule has 0 bridgehead atoms. The highest BCUT2D eigenvalue weighted by Crippen LogP contribution is 2.26. The van der Waals surface area contributed by atoms with Crippen LogP contribution in [0.25, 0.3) is 16.9 Å². The molecule has 154 valence electrons. The van der Waals surface area contributed by atoms with Gasteiger partial charge in [-0.3, -0.25) is 20.4 Å². The van der Waals surface area contributed by atoms with Crippen molar-refractivity contribution in [2.45, 2.75) is 0 Å². The lowest BCUT2D eigenvalue weighted by Crippen LogP contribution is -2.41. The molecule has 0 saturated carbocycles. The Morgan fingerprint density at radius 2 is 1.52 bits per heavy atom. The standard InChI is InChI=1S/C24H20N4O3/c1-31-20-14-8-11-18(15-20)22-21(16-28(27-22)19-12-6-3-7-13-19)24(30)26-25-23(29)17-9-4-2-5-10-17/h2-16H,1H3,(H,25,29)(H,26,30). The highest BCUT2D eigenvalue weighted by Gasteiger charge is 2.20. The van der Waals surface area contributed by atoms with Gasteiger partial charge < -0.3 is 4.74 Å². The molecule has 1 aromatic heterocycles. The number of amides is 2. The highest BCUT2D eigenvalue weighted by molar-refractivity contribution is 6.02. The van der Waals surface area contributed by atoms with Crippen molar-refractivity contribution in [3.63, 3.8) is 0 Å². The summed E-state index contributed by atoms with van der Waals surface area (Å²) in [5, 5.41) is 4.62. The van der Waals surface area contributed by atoms with E-state index in [0.29, 0.717) is 28.1 Å². The maximum atomic E-state index is 13.0. The molecular formula is C24H20N4O3. The summed E-state index contributed by atoms with van der Waals surface area (Å²) < 4.78 is 6.93. The number of methoxy groups -OCH3 is 1. The molecule has 31 heavy (non-hydrogen) atoms. The van der Waals surface area contributed by atoms with Gasteiger partial charge in [0.1, 0.15) is 11.4 Å². The Morgan fingerprint density at radius 3 is 2.23 bits per heavy atom. The average Bonchev–Trinajstić information content (AvgIpc) is 3.29. The first-order valence-electron chi connectivity index (χ1n) is 9.61. The number of nitrogens with one attached hydrogen (secondary N) is 2. The van der Waals surface area contributed by atoms with Crippen LogP contribution in [0.1, 0.15) is 20.7 Å². The Balaban J connectivity index is 1.65. The fourth-order valence-corrected chi connectivity index (χ4v) is 3.08. The van der Waals surface area contributed by atoms with E-state index in [1.807, 2.05) is 54.6 Å². The number of para-hydroxylation sites is 1. The van der Waals surface area contributed by atoms with Gasteiger partial charge >= 0.3 is 0 Å². The number of hydrogen-bond donors (Lipinski definition) is 2. The van der Waals surface area contributed by atoms with Crippen molar-refractivity contribution in [2.75, 3.05) is 7.11 Å². The predicted octanol–water partition coefficient (Wildman–Crippen LogP) is 3.62. The summed E-state index contributed by atoms with van der Waals surface area (Å²) in [4.78, 5) is 25.2. The van der Waals surface area contributed by atoms with Crippen LogP contribution in [0.3, 0.4) is 0 Å². The Labute approximate surface area is 179 Å². The van der Waals surface area contributed by atoms with E-state index in [-0.39, 0.29) is 0 Å². The Hall–Kier alpha value is -4.39. The number of hydrazine groups is 1. The van der Waals surface area contributed by atoms with Crippen LogP contribution in [-0.2, 0) is 0 Å². The van der Waals surface area contributed by atoms with Crippen LogP contribution >= 0.6 is 0 Å². The minimum Gasteiger partial charge on any atom is -0.497 e. The third-order valence-electron chi connectivity index (χ3n) is 4.65. The second kappa shape index (κ2) is 8.96. The molecule has 1 heterocycles. The quantitative estimate of drug-likeness (QED) is 0.490. The van der Waals surface area contributed by atoms with Crippen molar-refractivity contribution in [1.82, 2.24) is 20.6 Å². The van der Waals surface area contributed by atoms with Gasteiger partial charge in [0, 0.05) is 17.3 Å². The van der Waals surface area contributed by atoms with Crippen LogP contribution < -0.4 is 15.6 Å². The number of aromatic nitrogens is 2. The van der Waals surface area contributed by atoms with Gasteiger partial charge in [-0.2, -0.15) is 5.10 Å². The zero-order valence-electron chi connectivity index (χ0n) is 16.8. The summed E-state index contributed by atoms with van der Waals surface area (Å²) in [5.74, 6) is -0.243. The van der Waals surface area contributed by atoms with E-state index in [2.05, 4.69) is 16.0 Å². The molecule has 0 aliphatic carbocycles. The number of nitrogens with zero attached hydrogens (tertiary/aromatic N) is 2. The fourth-order valence-electron chi connectivity index (χ4n) is 3.08. The molecule has 2 N–H and O–H groups in total. The van der Waals surface area contributed by atoms with Gasteiger partial charge in [-0.15, -0.1) is 0 Å². The van der Waals surface area contributed by atoms with Gasteiger partial charge in [0.2, 0.25) is 0 Å². The van der Waals surface area contributed by atoms with Crippen LogP contribution in [0, 0.1) is 0 Å². The summed E-state index contributed by atoms with van der Waals surface area (Å²) in [7, 11) is 1.58. The Kier molecular flexibility index (Phi) is 5.75. The molecule has 3 aromatic carbocycles. The van der Waals surface area contributed by atoms with Crippen LogP contribution in [-0.4, -0.2) is 28.7 Å². The molecule has 0 aliphatic heterocycles. The molecule has 4 aromatic rings. The number of rotatable bonds is 5. The monoisotopic (exact) mass is 412 g/mol. The fraction of sp³-hybridized carbons (Fsp3) is 0.0417. The summed E-state index contributed by atoms with van der Waals surface area (Å²) in [6.07, 6.45) is 1.63. The number of carbonyl (C=O) groups excluding carboxylic acids is 2. The lowest BCUT2D eigenvalue weighted by Gasteiger charge is -2.08. The normalized spacial score (nSPS) is 10.4. The summed E-state index contributed by atoms with van der Waals surface area (Å²) in [6.45, 7) is 0. The van der Waals surface area contributed by atoms with E-state index in [4.69, 9.17) is 4.74 Å². The summed E-state index contributed by atoms with van der Waals surface area (Å²) in [5.41, 5.74) is 7.66. The third-order valence-corrected chi connectivity index (χ3v) is 4.65. The molecular weight excluding hydrogens is 392 g/mol. The topological polar surface area (TPSA) is 85.2 Å². The van der Waals surface area contributed by atoms with Crippen LogP contribution in [0.5, 0.6) is 5.75 Å². The third kappa shape index (κ3) is 4.45.